The van der Waals surface area contributed by atoms with Crippen LogP contribution in [-0.2, 0) is 11.2 Å². The molecule has 0 fully saturated rings. The van der Waals surface area contributed by atoms with Crippen molar-refractivity contribution in [2.75, 3.05) is 13.2 Å². The van der Waals surface area contributed by atoms with Gasteiger partial charge in [-0.2, -0.15) is 0 Å². The van der Waals surface area contributed by atoms with Gasteiger partial charge in [0, 0.05) is 12.6 Å². The summed E-state index contributed by atoms with van der Waals surface area (Å²) in [6, 6.07) is 7.97. The lowest BCUT2D eigenvalue weighted by atomic mass is 10.1. The molecule has 19 heavy (non-hydrogen) atoms. The van der Waals surface area contributed by atoms with Crippen molar-refractivity contribution in [1.29, 1.82) is 0 Å². The van der Waals surface area contributed by atoms with Gasteiger partial charge in [0.25, 0.3) is 0 Å². The molecule has 0 aliphatic carbocycles. The van der Waals surface area contributed by atoms with Crippen molar-refractivity contribution in [3.05, 3.63) is 29.8 Å². The average Bonchev–Trinajstić information content (AvgIpc) is 2.37. The smallest absolute Gasteiger partial charge is 0.115 e. The van der Waals surface area contributed by atoms with Crippen LogP contribution in [0.5, 0.6) is 5.75 Å². The Labute approximate surface area is 117 Å². The Morgan fingerprint density at radius 3 is 2.47 bits per heavy atom. The predicted molar refractivity (Wildman–Crippen MR) is 79.6 cm³/mol. The van der Waals surface area contributed by atoms with Gasteiger partial charge >= 0.3 is 0 Å². The van der Waals surface area contributed by atoms with E-state index in [9.17, 15) is 5.11 Å². The maximum Gasteiger partial charge on any atom is 0.115 e. The normalized spacial score (nSPS) is 12.8. The van der Waals surface area contributed by atoms with Crippen LogP contribution in [0.4, 0.5) is 0 Å². The van der Waals surface area contributed by atoms with Gasteiger partial charge in [0.2, 0.25) is 0 Å². The molecule has 1 aromatic carbocycles. The Morgan fingerprint density at radius 1 is 1.16 bits per heavy atom. The molecule has 0 amide bonds. The van der Waals surface area contributed by atoms with Crippen LogP contribution in [0.1, 0.15) is 39.2 Å². The maximum absolute atomic E-state index is 9.22. The topological polar surface area (TPSA) is 41.5 Å². The SMILES string of the molecule is CC(C)OCCCN[C@H](C)CCc1ccc(O)cc1. The van der Waals surface area contributed by atoms with E-state index in [2.05, 4.69) is 26.1 Å². The Balaban J connectivity index is 2.07. The van der Waals surface area contributed by atoms with Crippen molar-refractivity contribution >= 4 is 0 Å². The molecule has 0 aliphatic heterocycles. The highest BCUT2D eigenvalue weighted by molar-refractivity contribution is 5.25. The molecule has 0 saturated heterocycles. The molecular formula is C16H27NO2. The highest BCUT2D eigenvalue weighted by Gasteiger charge is 2.02. The van der Waals surface area contributed by atoms with E-state index in [1.54, 1.807) is 12.1 Å². The van der Waals surface area contributed by atoms with Gasteiger partial charge < -0.3 is 15.2 Å². The highest BCUT2D eigenvalue weighted by atomic mass is 16.5. The van der Waals surface area contributed by atoms with Gasteiger partial charge in [-0.05, 0) is 64.3 Å². The van der Waals surface area contributed by atoms with E-state index in [0.29, 0.717) is 17.9 Å². The van der Waals surface area contributed by atoms with Gasteiger partial charge in [0.15, 0.2) is 0 Å². The quantitative estimate of drug-likeness (QED) is 0.674. The Bertz CT molecular complexity index is 335. The van der Waals surface area contributed by atoms with Crippen molar-refractivity contribution in [3.8, 4) is 5.75 Å². The number of benzene rings is 1. The van der Waals surface area contributed by atoms with Crippen LogP contribution in [0.3, 0.4) is 0 Å². The molecule has 0 heterocycles. The van der Waals surface area contributed by atoms with Gasteiger partial charge in [0.1, 0.15) is 5.75 Å². The first-order chi connectivity index (χ1) is 9.08. The number of aryl methyl sites for hydroxylation is 1. The molecule has 2 N–H and O–H groups in total. The molecular weight excluding hydrogens is 238 g/mol. The number of hydrogen-bond donors (Lipinski definition) is 2. The van der Waals surface area contributed by atoms with Crippen molar-refractivity contribution in [1.82, 2.24) is 5.32 Å². The Morgan fingerprint density at radius 2 is 1.84 bits per heavy atom. The van der Waals surface area contributed by atoms with Crippen LogP contribution in [0.25, 0.3) is 0 Å². The lowest BCUT2D eigenvalue weighted by Gasteiger charge is -2.14. The number of aromatic hydroxyl groups is 1. The standard InChI is InChI=1S/C16H27NO2/c1-13(2)19-12-4-11-17-14(3)5-6-15-7-9-16(18)10-8-15/h7-10,13-14,17-18H,4-6,11-12H2,1-3H3/t14-/m1/s1. The molecule has 108 valence electrons. The number of nitrogens with one attached hydrogen (secondary N) is 1. The second-order valence-corrected chi connectivity index (χ2v) is 5.33. The summed E-state index contributed by atoms with van der Waals surface area (Å²) in [4.78, 5) is 0. The van der Waals surface area contributed by atoms with Crippen molar-refractivity contribution in [2.24, 2.45) is 0 Å². The largest absolute Gasteiger partial charge is 0.508 e. The molecule has 0 saturated carbocycles. The molecule has 1 rings (SSSR count). The third-order valence-electron chi connectivity index (χ3n) is 3.07. The fourth-order valence-electron chi connectivity index (χ4n) is 1.89. The monoisotopic (exact) mass is 265 g/mol. The molecule has 0 spiro atoms. The molecule has 0 aromatic heterocycles. The van der Waals surface area contributed by atoms with E-state index in [4.69, 9.17) is 4.74 Å². The van der Waals surface area contributed by atoms with Gasteiger partial charge in [-0.25, -0.2) is 0 Å². The molecule has 1 atom stereocenters. The van der Waals surface area contributed by atoms with Crippen molar-refractivity contribution in [3.63, 3.8) is 0 Å². The summed E-state index contributed by atoms with van der Waals surface area (Å²) < 4.78 is 5.50. The average molecular weight is 265 g/mol. The third-order valence-corrected chi connectivity index (χ3v) is 3.07. The second kappa shape index (κ2) is 8.94. The summed E-state index contributed by atoms with van der Waals surface area (Å²) in [5, 5.41) is 12.7. The minimum Gasteiger partial charge on any atom is -0.508 e. The van der Waals surface area contributed by atoms with Crippen LogP contribution < -0.4 is 5.32 Å². The Hall–Kier alpha value is -1.06. The fraction of sp³-hybridized carbons (Fsp3) is 0.625. The van der Waals surface area contributed by atoms with E-state index < -0.39 is 0 Å². The number of rotatable bonds is 9. The molecule has 0 unspecified atom stereocenters. The summed E-state index contributed by atoms with van der Waals surface area (Å²) >= 11 is 0. The zero-order chi connectivity index (χ0) is 14.1. The fourth-order valence-corrected chi connectivity index (χ4v) is 1.89. The third kappa shape index (κ3) is 7.85. The van der Waals surface area contributed by atoms with E-state index in [0.717, 1.165) is 32.4 Å². The van der Waals surface area contributed by atoms with Crippen LogP contribution in [0, 0.1) is 0 Å². The summed E-state index contributed by atoms with van der Waals surface area (Å²) in [5.41, 5.74) is 1.27. The molecule has 3 nitrogen and oxygen atoms in total. The molecule has 0 radical (unpaired) electrons. The van der Waals surface area contributed by atoms with Crippen LogP contribution in [-0.4, -0.2) is 30.4 Å². The number of phenolic OH excluding ortho intramolecular Hbond substituents is 1. The van der Waals surface area contributed by atoms with Crippen molar-refractivity contribution < 1.29 is 9.84 Å². The first-order valence-corrected chi connectivity index (χ1v) is 7.21. The van der Waals surface area contributed by atoms with Crippen LogP contribution >= 0.6 is 0 Å². The minimum atomic E-state index is 0.326. The number of hydrogen-bond acceptors (Lipinski definition) is 3. The Kier molecular flexibility index (Phi) is 7.53. The lowest BCUT2D eigenvalue weighted by molar-refractivity contribution is 0.0767. The summed E-state index contributed by atoms with van der Waals surface area (Å²) in [6.45, 7) is 8.17. The first kappa shape index (κ1) is 16.0. The molecule has 3 heteroatoms. The molecule has 1 aromatic rings. The zero-order valence-corrected chi connectivity index (χ0v) is 12.4. The van der Waals surface area contributed by atoms with Crippen LogP contribution in [0.2, 0.25) is 0 Å². The molecule has 0 bridgehead atoms. The second-order valence-electron chi connectivity index (χ2n) is 5.33. The summed E-state index contributed by atoms with van der Waals surface area (Å²) in [6.07, 6.45) is 3.53. The van der Waals surface area contributed by atoms with Gasteiger partial charge in [-0.15, -0.1) is 0 Å². The van der Waals surface area contributed by atoms with Gasteiger partial charge in [0.05, 0.1) is 6.10 Å². The van der Waals surface area contributed by atoms with Crippen molar-refractivity contribution in [2.45, 2.75) is 52.2 Å². The van der Waals surface area contributed by atoms with E-state index in [1.165, 1.54) is 5.56 Å². The number of ether oxygens (including phenoxy) is 1. The summed E-state index contributed by atoms with van der Waals surface area (Å²) in [7, 11) is 0. The highest BCUT2D eigenvalue weighted by Crippen LogP contribution is 2.11. The van der Waals surface area contributed by atoms with E-state index in [1.807, 2.05) is 12.1 Å². The van der Waals surface area contributed by atoms with E-state index >= 15 is 0 Å². The van der Waals surface area contributed by atoms with E-state index in [-0.39, 0.29) is 0 Å². The van der Waals surface area contributed by atoms with Gasteiger partial charge in [-0.1, -0.05) is 12.1 Å². The summed E-state index contributed by atoms with van der Waals surface area (Å²) in [5.74, 6) is 0.333. The first-order valence-electron chi connectivity index (χ1n) is 7.21. The van der Waals surface area contributed by atoms with Gasteiger partial charge in [-0.3, -0.25) is 0 Å². The van der Waals surface area contributed by atoms with Crippen LogP contribution in [0.15, 0.2) is 24.3 Å². The maximum atomic E-state index is 9.22. The molecule has 0 aliphatic rings. The number of phenols is 1. The minimum absolute atomic E-state index is 0.326. The predicted octanol–water partition coefficient (Wildman–Crippen LogP) is 3.12. The lowest BCUT2D eigenvalue weighted by Crippen LogP contribution is -2.28. The zero-order valence-electron chi connectivity index (χ0n) is 12.4.